The van der Waals surface area contributed by atoms with Crippen LogP contribution in [-0.4, -0.2) is 14.5 Å². The number of hydrogen-bond acceptors (Lipinski definition) is 2. The summed E-state index contributed by atoms with van der Waals surface area (Å²) >= 11 is 5.25. The van der Waals surface area contributed by atoms with Crippen molar-refractivity contribution in [3.8, 4) is 0 Å². The van der Waals surface area contributed by atoms with E-state index in [4.69, 9.17) is 12.2 Å². The Morgan fingerprint density at radius 1 is 1.25 bits per heavy atom. The summed E-state index contributed by atoms with van der Waals surface area (Å²) in [6, 6.07) is 5.76. The fraction of sp³-hybridized carbons (Fsp3) is 0.143. The lowest BCUT2D eigenvalue weighted by Gasteiger charge is -2.05. The molecule has 1 aromatic carbocycles. The van der Waals surface area contributed by atoms with E-state index in [2.05, 4.69) is 9.97 Å². The molecule has 20 heavy (non-hydrogen) atoms. The van der Waals surface area contributed by atoms with Crippen LogP contribution in [0.25, 0.3) is 11.2 Å². The third kappa shape index (κ3) is 2.22. The summed E-state index contributed by atoms with van der Waals surface area (Å²) in [5, 5.41) is 0. The summed E-state index contributed by atoms with van der Waals surface area (Å²) in [5.41, 5.74) is 3.18. The van der Waals surface area contributed by atoms with Crippen molar-refractivity contribution in [2.75, 3.05) is 0 Å². The first-order valence-electron chi connectivity index (χ1n) is 6.03. The van der Waals surface area contributed by atoms with Gasteiger partial charge in [-0.05, 0) is 48.5 Å². The second kappa shape index (κ2) is 4.79. The molecule has 102 valence electrons. The monoisotopic (exact) mass is 291 g/mol. The van der Waals surface area contributed by atoms with Crippen LogP contribution in [0.4, 0.5) is 8.78 Å². The third-order valence-corrected chi connectivity index (χ3v) is 3.39. The Labute approximate surface area is 118 Å². The normalized spacial score (nSPS) is 11.2. The molecule has 0 unspecified atom stereocenters. The van der Waals surface area contributed by atoms with Crippen LogP contribution < -0.4 is 0 Å². The van der Waals surface area contributed by atoms with Crippen LogP contribution in [0.2, 0.25) is 0 Å². The molecular weight excluding hydrogens is 280 g/mol. The van der Waals surface area contributed by atoms with Crippen LogP contribution in [0, 0.1) is 23.3 Å². The second-order valence-electron chi connectivity index (χ2n) is 4.65. The Morgan fingerprint density at radius 3 is 2.80 bits per heavy atom. The molecule has 1 N–H and O–H groups in total. The molecule has 2 aromatic heterocycles. The van der Waals surface area contributed by atoms with Gasteiger partial charge in [-0.15, -0.1) is 0 Å². The van der Waals surface area contributed by atoms with E-state index in [1.54, 1.807) is 10.8 Å². The number of aryl methyl sites for hydroxylation is 1. The van der Waals surface area contributed by atoms with Crippen LogP contribution in [-0.2, 0) is 6.54 Å². The Kier molecular flexibility index (Phi) is 3.10. The maximum atomic E-state index is 13.2. The Bertz CT molecular complexity index is 851. The van der Waals surface area contributed by atoms with E-state index in [9.17, 15) is 8.78 Å². The topological polar surface area (TPSA) is 33.6 Å². The number of imidazole rings is 1. The Morgan fingerprint density at radius 2 is 2.05 bits per heavy atom. The van der Waals surface area contributed by atoms with Gasteiger partial charge in [-0.1, -0.05) is 6.07 Å². The van der Waals surface area contributed by atoms with Gasteiger partial charge in [-0.3, -0.25) is 4.57 Å². The van der Waals surface area contributed by atoms with Crippen LogP contribution >= 0.6 is 12.2 Å². The second-order valence-corrected chi connectivity index (χ2v) is 5.04. The minimum atomic E-state index is -0.863. The van der Waals surface area contributed by atoms with Crippen LogP contribution in [0.15, 0.2) is 30.5 Å². The number of pyridine rings is 1. The molecule has 0 aliphatic rings. The molecule has 0 amide bonds. The highest BCUT2D eigenvalue weighted by Crippen LogP contribution is 2.16. The summed E-state index contributed by atoms with van der Waals surface area (Å²) in [7, 11) is 0. The highest BCUT2D eigenvalue weighted by atomic mass is 32.1. The smallest absolute Gasteiger partial charge is 0.179 e. The van der Waals surface area contributed by atoms with Gasteiger partial charge in [-0.2, -0.15) is 0 Å². The number of nitrogens with one attached hydrogen (secondary N) is 1. The first-order valence-corrected chi connectivity index (χ1v) is 6.44. The van der Waals surface area contributed by atoms with Crippen molar-refractivity contribution < 1.29 is 8.78 Å². The predicted octanol–water partition coefficient (Wildman–Crippen LogP) is 3.73. The van der Waals surface area contributed by atoms with E-state index in [1.165, 1.54) is 12.1 Å². The summed E-state index contributed by atoms with van der Waals surface area (Å²) in [4.78, 5) is 7.40. The lowest BCUT2D eigenvalue weighted by molar-refractivity contribution is 0.506. The van der Waals surface area contributed by atoms with E-state index in [0.717, 1.165) is 17.1 Å². The number of fused-ring (bicyclic) bond motifs is 1. The van der Waals surface area contributed by atoms with Gasteiger partial charge in [0, 0.05) is 6.20 Å². The fourth-order valence-corrected chi connectivity index (χ4v) is 2.38. The van der Waals surface area contributed by atoms with Gasteiger partial charge in [-0.25, -0.2) is 13.8 Å². The first kappa shape index (κ1) is 12.9. The zero-order valence-corrected chi connectivity index (χ0v) is 11.5. The average molecular weight is 291 g/mol. The highest BCUT2D eigenvalue weighted by Gasteiger charge is 2.08. The van der Waals surface area contributed by atoms with Crippen molar-refractivity contribution in [3.05, 3.63) is 58.0 Å². The maximum absolute atomic E-state index is 13.2. The lowest BCUT2D eigenvalue weighted by Crippen LogP contribution is -2.02. The highest BCUT2D eigenvalue weighted by molar-refractivity contribution is 7.71. The molecular formula is C14H11F2N3S. The maximum Gasteiger partial charge on any atom is 0.179 e. The molecule has 0 saturated carbocycles. The lowest BCUT2D eigenvalue weighted by atomic mass is 10.2. The molecule has 0 saturated heterocycles. The Balaban J connectivity index is 2.08. The quantitative estimate of drug-likeness (QED) is 0.730. The minimum Gasteiger partial charge on any atom is -0.329 e. The molecule has 0 spiro atoms. The summed E-state index contributed by atoms with van der Waals surface area (Å²) in [6.07, 6.45) is 1.74. The zero-order chi connectivity index (χ0) is 14.3. The van der Waals surface area contributed by atoms with Crippen molar-refractivity contribution in [3.63, 3.8) is 0 Å². The van der Waals surface area contributed by atoms with Gasteiger partial charge < -0.3 is 4.98 Å². The zero-order valence-electron chi connectivity index (χ0n) is 10.7. The summed E-state index contributed by atoms with van der Waals surface area (Å²) in [5.74, 6) is -1.72. The van der Waals surface area contributed by atoms with Gasteiger partial charge in [0.1, 0.15) is 0 Å². The number of hydrogen-bond donors (Lipinski definition) is 1. The molecule has 0 atom stereocenters. The number of benzene rings is 1. The molecule has 0 aliphatic heterocycles. The number of rotatable bonds is 2. The van der Waals surface area contributed by atoms with Gasteiger partial charge in [0.15, 0.2) is 22.1 Å². The number of aromatic nitrogens is 3. The molecule has 0 bridgehead atoms. The molecule has 3 rings (SSSR count). The number of nitrogens with zero attached hydrogens (tertiary/aromatic N) is 2. The number of halogens is 2. The van der Waals surface area contributed by atoms with Crippen molar-refractivity contribution in [1.82, 2.24) is 14.5 Å². The molecule has 0 radical (unpaired) electrons. The van der Waals surface area contributed by atoms with Crippen LogP contribution in [0.1, 0.15) is 11.1 Å². The van der Waals surface area contributed by atoms with Crippen LogP contribution in [0.3, 0.4) is 0 Å². The summed E-state index contributed by atoms with van der Waals surface area (Å²) in [6.45, 7) is 2.28. The minimum absolute atomic E-state index is 0.339. The van der Waals surface area contributed by atoms with Crippen molar-refractivity contribution in [1.29, 1.82) is 0 Å². The SMILES string of the molecule is Cc1cnc2c(c1)[nH]c(=S)n2Cc1ccc(F)c(F)c1. The van der Waals surface area contributed by atoms with Gasteiger partial charge >= 0.3 is 0 Å². The van der Waals surface area contributed by atoms with E-state index < -0.39 is 11.6 Å². The molecule has 0 fully saturated rings. The van der Waals surface area contributed by atoms with E-state index in [1.807, 2.05) is 13.0 Å². The molecule has 0 aliphatic carbocycles. The Hall–Kier alpha value is -2.08. The molecule has 2 heterocycles. The average Bonchev–Trinajstić information content (AvgIpc) is 2.69. The van der Waals surface area contributed by atoms with Gasteiger partial charge in [0.2, 0.25) is 0 Å². The first-order chi connectivity index (χ1) is 9.54. The number of H-pyrrole nitrogens is 1. The standard InChI is InChI=1S/C14H11F2N3S/c1-8-4-12-13(17-6-8)19(14(20)18-12)7-9-2-3-10(15)11(16)5-9/h2-6H,7H2,1H3,(H,18,20). The van der Waals surface area contributed by atoms with Crippen molar-refractivity contribution >= 4 is 23.4 Å². The third-order valence-electron chi connectivity index (χ3n) is 3.07. The molecule has 6 heteroatoms. The number of aromatic amines is 1. The summed E-state index contributed by atoms with van der Waals surface area (Å²) < 4.78 is 28.4. The van der Waals surface area contributed by atoms with Crippen molar-refractivity contribution in [2.24, 2.45) is 0 Å². The van der Waals surface area contributed by atoms with Crippen molar-refractivity contribution in [2.45, 2.75) is 13.5 Å². The van der Waals surface area contributed by atoms with E-state index in [0.29, 0.717) is 22.5 Å². The van der Waals surface area contributed by atoms with Crippen LogP contribution in [0.5, 0.6) is 0 Å². The molecule has 3 aromatic rings. The molecule has 3 nitrogen and oxygen atoms in total. The van der Waals surface area contributed by atoms with Gasteiger partial charge in [0.25, 0.3) is 0 Å². The fourth-order valence-electron chi connectivity index (χ4n) is 2.12. The predicted molar refractivity (Wildman–Crippen MR) is 75.1 cm³/mol. The van der Waals surface area contributed by atoms with Gasteiger partial charge in [0.05, 0.1) is 12.1 Å². The largest absolute Gasteiger partial charge is 0.329 e. The van der Waals surface area contributed by atoms with E-state index in [-0.39, 0.29) is 0 Å². The van der Waals surface area contributed by atoms with E-state index >= 15 is 0 Å².